The van der Waals surface area contributed by atoms with Gasteiger partial charge in [0.15, 0.2) is 0 Å². The number of aromatic nitrogens is 2. The third-order valence-electron chi connectivity index (χ3n) is 1.22. The Hall–Kier alpha value is -1.92. The predicted octanol–water partition coefficient (Wildman–Crippen LogP) is 0.249. The SMILES string of the molecule is C#C[C@@](C)(O)c1nnc(C)o1.N#N. The van der Waals surface area contributed by atoms with Crippen LogP contribution in [0.3, 0.4) is 0 Å². The van der Waals surface area contributed by atoms with Crippen LogP contribution in [0, 0.1) is 30.1 Å². The average molecular weight is 180 g/mol. The molecule has 0 radical (unpaired) electrons. The van der Waals surface area contributed by atoms with Gasteiger partial charge in [0.25, 0.3) is 5.89 Å². The van der Waals surface area contributed by atoms with Crippen LogP contribution in [0.4, 0.5) is 0 Å². The first-order chi connectivity index (χ1) is 6.06. The van der Waals surface area contributed by atoms with E-state index in [1.165, 1.54) is 6.92 Å². The molecule has 1 N–H and O–H groups in total. The van der Waals surface area contributed by atoms with Gasteiger partial charge < -0.3 is 9.52 Å². The molecular formula is C7H8N4O2. The second kappa shape index (κ2) is 4.19. The highest BCUT2D eigenvalue weighted by molar-refractivity contribution is 5.12. The average Bonchev–Trinajstić information content (AvgIpc) is 2.56. The largest absolute Gasteiger partial charge is 0.421 e. The van der Waals surface area contributed by atoms with Crippen molar-refractivity contribution in [3.8, 4) is 12.3 Å². The molecule has 0 aliphatic rings. The molecule has 1 heterocycles. The van der Waals surface area contributed by atoms with Crippen molar-refractivity contribution in [1.29, 1.82) is 10.8 Å². The van der Waals surface area contributed by atoms with Gasteiger partial charge in [-0.05, 0) is 6.92 Å². The van der Waals surface area contributed by atoms with Crippen LogP contribution >= 0.6 is 0 Å². The zero-order valence-corrected chi connectivity index (χ0v) is 7.22. The Bertz CT molecular complexity index is 334. The molecule has 0 fully saturated rings. The smallest absolute Gasteiger partial charge is 0.260 e. The summed E-state index contributed by atoms with van der Waals surface area (Å²) in [6.07, 6.45) is 5.02. The Morgan fingerprint density at radius 2 is 2.08 bits per heavy atom. The highest BCUT2D eigenvalue weighted by Crippen LogP contribution is 2.16. The lowest BCUT2D eigenvalue weighted by Crippen LogP contribution is -2.18. The quantitative estimate of drug-likeness (QED) is 0.490. The third kappa shape index (κ3) is 2.55. The van der Waals surface area contributed by atoms with Crippen molar-refractivity contribution in [3.63, 3.8) is 0 Å². The lowest BCUT2D eigenvalue weighted by Gasteiger charge is -2.08. The fraction of sp³-hybridized carbons (Fsp3) is 0.429. The van der Waals surface area contributed by atoms with Gasteiger partial charge in [0.1, 0.15) is 0 Å². The van der Waals surface area contributed by atoms with Crippen molar-refractivity contribution in [2.45, 2.75) is 19.4 Å². The summed E-state index contributed by atoms with van der Waals surface area (Å²) in [5.41, 5.74) is -1.46. The first-order valence-electron chi connectivity index (χ1n) is 3.27. The Kier molecular flexibility index (Phi) is 3.57. The summed E-state index contributed by atoms with van der Waals surface area (Å²) < 4.78 is 4.92. The molecule has 0 aliphatic heterocycles. The van der Waals surface area contributed by atoms with Crippen molar-refractivity contribution >= 4 is 0 Å². The summed E-state index contributed by atoms with van der Waals surface area (Å²) in [4.78, 5) is 0. The van der Waals surface area contributed by atoms with E-state index in [-0.39, 0.29) is 5.89 Å². The van der Waals surface area contributed by atoms with E-state index in [0.29, 0.717) is 5.89 Å². The van der Waals surface area contributed by atoms with Crippen molar-refractivity contribution in [1.82, 2.24) is 10.2 Å². The van der Waals surface area contributed by atoms with Crippen LogP contribution in [-0.2, 0) is 5.60 Å². The number of aliphatic hydroxyl groups is 1. The van der Waals surface area contributed by atoms with Crippen LogP contribution in [0.25, 0.3) is 0 Å². The lowest BCUT2D eigenvalue weighted by atomic mass is 10.1. The molecule has 0 bridgehead atoms. The Labute approximate surface area is 75.0 Å². The number of aryl methyl sites for hydroxylation is 1. The first kappa shape index (κ1) is 11.1. The zero-order valence-electron chi connectivity index (χ0n) is 7.22. The van der Waals surface area contributed by atoms with Crippen LogP contribution in [0.1, 0.15) is 18.7 Å². The van der Waals surface area contributed by atoms with E-state index >= 15 is 0 Å². The second-order valence-electron chi connectivity index (χ2n) is 2.34. The van der Waals surface area contributed by atoms with Gasteiger partial charge in [-0.15, -0.1) is 16.6 Å². The monoisotopic (exact) mass is 180 g/mol. The van der Waals surface area contributed by atoms with Gasteiger partial charge >= 0.3 is 0 Å². The van der Waals surface area contributed by atoms with Gasteiger partial charge in [-0.1, -0.05) is 5.92 Å². The van der Waals surface area contributed by atoms with E-state index in [9.17, 15) is 5.11 Å². The van der Waals surface area contributed by atoms with E-state index in [4.69, 9.17) is 21.6 Å². The molecule has 68 valence electrons. The molecule has 6 nitrogen and oxygen atoms in total. The molecule has 1 rings (SSSR count). The van der Waals surface area contributed by atoms with E-state index in [0.717, 1.165) is 0 Å². The molecule has 0 unspecified atom stereocenters. The lowest BCUT2D eigenvalue weighted by molar-refractivity contribution is 0.0883. The zero-order chi connectivity index (χ0) is 10.5. The molecule has 0 aromatic carbocycles. The minimum absolute atomic E-state index is 0.0532. The van der Waals surface area contributed by atoms with Crippen LogP contribution in [0.15, 0.2) is 4.42 Å². The molecule has 13 heavy (non-hydrogen) atoms. The highest BCUT2D eigenvalue weighted by atomic mass is 16.4. The summed E-state index contributed by atoms with van der Waals surface area (Å²) in [6.45, 7) is 3.04. The molecule has 1 aromatic rings. The maximum atomic E-state index is 9.38. The van der Waals surface area contributed by atoms with Gasteiger partial charge in [0.05, 0.1) is 0 Å². The maximum absolute atomic E-state index is 9.38. The van der Waals surface area contributed by atoms with Gasteiger partial charge in [0.2, 0.25) is 11.5 Å². The standard InChI is InChI=1S/C7H8N2O2.N2/c1-4-7(3,10)6-9-8-5(2)11-6;1-2/h1,10H,2-3H3;/t7-;/m1./s1. The topological polar surface area (TPSA) is 107 Å². The fourth-order valence-electron chi connectivity index (χ4n) is 0.555. The number of hydrogen-bond donors (Lipinski definition) is 1. The van der Waals surface area contributed by atoms with Crippen LogP contribution in [0.5, 0.6) is 0 Å². The normalized spacial score (nSPS) is 13.2. The Balaban J connectivity index is 0.000000671. The van der Waals surface area contributed by atoms with Crippen molar-refractivity contribution < 1.29 is 9.52 Å². The second-order valence-corrected chi connectivity index (χ2v) is 2.34. The van der Waals surface area contributed by atoms with E-state index in [2.05, 4.69) is 16.1 Å². The van der Waals surface area contributed by atoms with Crippen molar-refractivity contribution in [2.75, 3.05) is 0 Å². The molecule has 1 atom stereocenters. The number of nitrogens with zero attached hydrogens (tertiary/aromatic N) is 4. The minimum atomic E-state index is -1.46. The van der Waals surface area contributed by atoms with Crippen molar-refractivity contribution in [3.05, 3.63) is 11.8 Å². The van der Waals surface area contributed by atoms with Crippen LogP contribution in [0.2, 0.25) is 0 Å². The summed E-state index contributed by atoms with van der Waals surface area (Å²) in [5.74, 6) is 2.57. The number of hydrogen-bond acceptors (Lipinski definition) is 6. The Morgan fingerprint density at radius 3 is 2.38 bits per heavy atom. The molecule has 0 spiro atoms. The number of rotatable bonds is 1. The van der Waals surface area contributed by atoms with Gasteiger partial charge in [-0.2, -0.15) is 0 Å². The highest BCUT2D eigenvalue weighted by Gasteiger charge is 2.26. The molecule has 0 saturated carbocycles. The minimum Gasteiger partial charge on any atom is -0.421 e. The van der Waals surface area contributed by atoms with E-state index < -0.39 is 5.60 Å². The Morgan fingerprint density at radius 1 is 1.54 bits per heavy atom. The summed E-state index contributed by atoms with van der Waals surface area (Å²) in [5, 5.41) is 28.5. The third-order valence-corrected chi connectivity index (χ3v) is 1.22. The molecular weight excluding hydrogens is 172 g/mol. The summed E-state index contributed by atoms with van der Waals surface area (Å²) in [7, 11) is 0. The van der Waals surface area contributed by atoms with Gasteiger partial charge in [-0.25, -0.2) is 0 Å². The van der Waals surface area contributed by atoms with E-state index in [1.807, 2.05) is 0 Å². The summed E-state index contributed by atoms with van der Waals surface area (Å²) in [6, 6.07) is 0. The molecule has 6 heteroatoms. The molecule has 1 aromatic heterocycles. The number of terminal acetylenes is 1. The predicted molar refractivity (Wildman–Crippen MR) is 40.9 cm³/mol. The molecule has 0 amide bonds. The maximum Gasteiger partial charge on any atom is 0.260 e. The van der Waals surface area contributed by atoms with Gasteiger partial charge in [0, 0.05) is 17.7 Å². The van der Waals surface area contributed by atoms with Gasteiger partial charge in [-0.3, -0.25) is 0 Å². The fourth-order valence-corrected chi connectivity index (χ4v) is 0.555. The van der Waals surface area contributed by atoms with E-state index in [1.54, 1.807) is 6.92 Å². The van der Waals surface area contributed by atoms with Crippen molar-refractivity contribution in [2.24, 2.45) is 0 Å². The summed E-state index contributed by atoms with van der Waals surface area (Å²) >= 11 is 0. The molecule has 0 aliphatic carbocycles. The first-order valence-corrected chi connectivity index (χ1v) is 3.27. The van der Waals surface area contributed by atoms with Crippen LogP contribution < -0.4 is 0 Å². The molecule has 0 saturated heterocycles. The van der Waals surface area contributed by atoms with Crippen LogP contribution in [-0.4, -0.2) is 15.3 Å².